The van der Waals surface area contributed by atoms with E-state index in [4.69, 9.17) is 0 Å². The largest absolute Gasteiger partial charge is 0.346 e. The molecule has 80 valence electrons. The van der Waals surface area contributed by atoms with Crippen LogP contribution in [0.15, 0.2) is 6.20 Å². The zero-order valence-electron chi connectivity index (χ0n) is 10.5. The lowest BCUT2D eigenvalue weighted by Gasteiger charge is -1.74. The van der Waals surface area contributed by atoms with Gasteiger partial charge in [-0.05, 0) is 13.8 Å². The number of nitrogens with zero attached hydrogens (tertiary/aromatic N) is 1. The summed E-state index contributed by atoms with van der Waals surface area (Å²) in [5.41, 5.74) is 1.12. The molecule has 0 aliphatic carbocycles. The molecule has 0 radical (unpaired) electrons. The van der Waals surface area contributed by atoms with E-state index in [-0.39, 0.29) is 0 Å². The number of hydrogen-bond donors (Lipinski definition) is 1. The smallest absolute Gasteiger partial charge is 0.103 e. The van der Waals surface area contributed by atoms with Crippen LogP contribution in [0.5, 0.6) is 0 Å². The van der Waals surface area contributed by atoms with Gasteiger partial charge in [-0.1, -0.05) is 41.5 Å². The number of aromatic nitrogens is 2. The Morgan fingerprint density at radius 3 is 1.38 bits per heavy atom. The van der Waals surface area contributed by atoms with Gasteiger partial charge in [0, 0.05) is 11.9 Å². The van der Waals surface area contributed by atoms with Crippen LogP contribution in [0.4, 0.5) is 0 Å². The molecule has 0 unspecified atom stereocenters. The molecular formula is C11H26N2. The average Bonchev–Trinajstić information content (AvgIpc) is 2.60. The normalized spacial score (nSPS) is 6.46. The Balaban J connectivity index is -0.000000144. The van der Waals surface area contributed by atoms with Gasteiger partial charge in [-0.15, -0.1) is 0 Å². The second-order valence-corrected chi connectivity index (χ2v) is 1.65. The highest BCUT2D eigenvalue weighted by Gasteiger charge is 1.83. The highest BCUT2D eigenvalue weighted by atomic mass is 14.9. The number of imidazole rings is 1. The van der Waals surface area contributed by atoms with Crippen molar-refractivity contribution in [1.82, 2.24) is 9.97 Å². The van der Waals surface area contributed by atoms with E-state index in [1.165, 1.54) is 0 Å². The first kappa shape index (κ1) is 18.1. The molecule has 1 aromatic heterocycles. The SMILES string of the molecule is CC.CC.CC.Cc1cnc(C)[nH]1. The van der Waals surface area contributed by atoms with Gasteiger partial charge in [0.15, 0.2) is 0 Å². The van der Waals surface area contributed by atoms with Gasteiger partial charge >= 0.3 is 0 Å². The minimum atomic E-state index is 0.984. The first-order valence-corrected chi connectivity index (χ1v) is 5.27. The monoisotopic (exact) mass is 186 g/mol. The second kappa shape index (κ2) is 17.3. The van der Waals surface area contributed by atoms with Gasteiger partial charge in [0.05, 0.1) is 0 Å². The third-order valence-electron chi connectivity index (χ3n) is 0.830. The van der Waals surface area contributed by atoms with Gasteiger partial charge in [-0.25, -0.2) is 4.98 Å². The molecule has 0 aliphatic rings. The zero-order valence-corrected chi connectivity index (χ0v) is 10.5. The summed E-state index contributed by atoms with van der Waals surface area (Å²) in [6.07, 6.45) is 1.81. The number of hydrogen-bond acceptors (Lipinski definition) is 1. The van der Waals surface area contributed by atoms with Crippen LogP contribution < -0.4 is 0 Å². The van der Waals surface area contributed by atoms with Gasteiger partial charge in [-0.3, -0.25) is 0 Å². The Bertz CT molecular complexity index is 140. The van der Waals surface area contributed by atoms with Crippen molar-refractivity contribution in [2.75, 3.05) is 0 Å². The zero-order chi connectivity index (χ0) is 11.3. The maximum absolute atomic E-state index is 3.96. The molecule has 1 aromatic rings. The van der Waals surface area contributed by atoms with Crippen LogP contribution in [0.2, 0.25) is 0 Å². The summed E-state index contributed by atoms with van der Waals surface area (Å²) in [7, 11) is 0. The highest BCUT2D eigenvalue weighted by Crippen LogP contribution is 1.89. The van der Waals surface area contributed by atoms with E-state index in [0.29, 0.717) is 0 Å². The molecule has 2 heteroatoms. The Morgan fingerprint density at radius 2 is 1.31 bits per heavy atom. The van der Waals surface area contributed by atoms with E-state index in [9.17, 15) is 0 Å². The predicted molar refractivity (Wildman–Crippen MR) is 62.1 cm³/mol. The summed E-state index contributed by atoms with van der Waals surface area (Å²) >= 11 is 0. The maximum Gasteiger partial charge on any atom is 0.103 e. The van der Waals surface area contributed by atoms with Crippen LogP contribution in [0, 0.1) is 13.8 Å². The molecule has 13 heavy (non-hydrogen) atoms. The fraction of sp³-hybridized carbons (Fsp3) is 0.727. The second-order valence-electron chi connectivity index (χ2n) is 1.65. The molecular weight excluding hydrogens is 160 g/mol. The Labute approximate surface area is 83.8 Å². The molecule has 0 bridgehead atoms. The minimum Gasteiger partial charge on any atom is -0.346 e. The van der Waals surface area contributed by atoms with Crippen molar-refractivity contribution < 1.29 is 0 Å². The van der Waals surface area contributed by atoms with Crippen LogP contribution in [-0.2, 0) is 0 Å². The summed E-state index contributed by atoms with van der Waals surface area (Å²) in [5.74, 6) is 0.984. The highest BCUT2D eigenvalue weighted by molar-refractivity contribution is 4.95. The Hall–Kier alpha value is -0.790. The van der Waals surface area contributed by atoms with Gasteiger partial charge in [-0.2, -0.15) is 0 Å². The van der Waals surface area contributed by atoms with Crippen molar-refractivity contribution in [1.29, 1.82) is 0 Å². The van der Waals surface area contributed by atoms with Gasteiger partial charge in [0.25, 0.3) is 0 Å². The van der Waals surface area contributed by atoms with Crippen molar-refractivity contribution in [3.63, 3.8) is 0 Å². The van der Waals surface area contributed by atoms with Crippen LogP contribution >= 0.6 is 0 Å². The van der Waals surface area contributed by atoms with Crippen molar-refractivity contribution in [3.05, 3.63) is 17.7 Å². The quantitative estimate of drug-likeness (QED) is 0.649. The van der Waals surface area contributed by atoms with Crippen molar-refractivity contribution in [2.45, 2.75) is 55.4 Å². The first-order valence-electron chi connectivity index (χ1n) is 5.27. The summed E-state index contributed by atoms with van der Waals surface area (Å²) in [4.78, 5) is 6.99. The fourth-order valence-corrected chi connectivity index (χ4v) is 0.544. The lowest BCUT2D eigenvalue weighted by molar-refractivity contribution is 1.13. The Morgan fingerprint density at radius 1 is 0.923 bits per heavy atom. The van der Waals surface area contributed by atoms with Crippen LogP contribution in [0.1, 0.15) is 53.1 Å². The minimum absolute atomic E-state index is 0.984. The van der Waals surface area contributed by atoms with Crippen molar-refractivity contribution in [3.8, 4) is 0 Å². The van der Waals surface area contributed by atoms with E-state index in [0.717, 1.165) is 11.5 Å². The Kier molecular flexibility index (Phi) is 24.1. The third kappa shape index (κ3) is 14.1. The van der Waals surface area contributed by atoms with Crippen molar-refractivity contribution >= 4 is 0 Å². The molecule has 0 atom stereocenters. The molecule has 1 N–H and O–H groups in total. The van der Waals surface area contributed by atoms with Gasteiger partial charge in [0.2, 0.25) is 0 Å². The number of H-pyrrole nitrogens is 1. The van der Waals surface area contributed by atoms with Crippen LogP contribution in [0.3, 0.4) is 0 Å². The molecule has 0 amide bonds. The number of rotatable bonds is 0. The topological polar surface area (TPSA) is 28.7 Å². The summed E-state index contributed by atoms with van der Waals surface area (Å²) in [6, 6.07) is 0. The standard InChI is InChI=1S/C5H8N2.3C2H6/c1-4-3-6-5(2)7-4;3*1-2/h3H,1-2H3,(H,6,7);3*1-2H3. The lowest BCUT2D eigenvalue weighted by atomic mass is 10.6. The predicted octanol–water partition coefficient (Wildman–Crippen LogP) is 4.11. The third-order valence-corrected chi connectivity index (χ3v) is 0.830. The summed E-state index contributed by atoms with van der Waals surface area (Å²) in [5, 5.41) is 0. The molecule has 0 aromatic carbocycles. The van der Waals surface area contributed by atoms with Crippen LogP contribution in [-0.4, -0.2) is 9.97 Å². The number of nitrogens with one attached hydrogen (secondary N) is 1. The summed E-state index contributed by atoms with van der Waals surface area (Å²) < 4.78 is 0. The summed E-state index contributed by atoms with van der Waals surface area (Å²) in [6.45, 7) is 15.9. The number of aromatic amines is 1. The maximum atomic E-state index is 3.96. The van der Waals surface area contributed by atoms with E-state index < -0.39 is 0 Å². The van der Waals surface area contributed by atoms with Gasteiger partial charge < -0.3 is 4.98 Å². The molecule has 0 spiro atoms. The van der Waals surface area contributed by atoms with E-state index >= 15 is 0 Å². The van der Waals surface area contributed by atoms with Crippen molar-refractivity contribution in [2.24, 2.45) is 0 Å². The number of aryl methyl sites for hydroxylation is 2. The van der Waals surface area contributed by atoms with E-state index in [1.54, 1.807) is 0 Å². The molecule has 1 rings (SSSR count). The van der Waals surface area contributed by atoms with Crippen LogP contribution in [0.25, 0.3) is 0 Å². The first-order chi connectivity index (χ1) is 6.29. The molecule has 1 heterocycles. The average molecular weight is 186 g/mol. The molecule has 0 fully saturated rings. The molecule has 0 saturated heterocycles. The fourth-order valence-electron chi connectivity index (χ4n) is 0.544. The molecule has 0 saturated carbocycles. The lowest BCUT2D eigenvalue weighted by Crippen LogP contribution is -1.70. The van der Waals surface area contributed by atoms with Gasteiger partial charge in [0.1, 0.15) is 5.82 Å². The van der Waals surface area contributed by atoms with E-state index in [1.807, 2.05) is 61.6 Å². The molecule has 2 nitrogen and oxygen atoms in total. The molecule has 0 aliphatic heterocycles. The van der Waals surface area contributed by atoms with E-state index in [2.05, 4.69) is 9.97 Å².